The molecular formula is C12H13O. The van der Waals surface area contributed by atoms with Crippen LogP contribution in [-0.2, 0) is 4.79 Å². The Morgan fingerprint density at radius 1 is 1.38 bits per heavy atom. The van der Waals surface area contributed by atoms with E-state index >= 15 is 0 Å². The molecule has 1 radical (unpaired) electrons. The molecule has 0 aliphatic heterocycles. The lowest BCUT2D eigenvalue weighted by Gasteiger charge is -2.00. The molecular weight excluding hydrogens is 160 g/mol. The van der Waals surface area contributed by atoms with E-state index in [0.717, 1.165) is 0 Å². The van der Waals surface area contributed by atoms with Crippen molar-refractivity contribution in [2.75, 3.05) is 0 Å². The molecule has 0 saturated heterocycles. The summed E-state index contributed by atoms with van der Waals surface area (Å²) < 4.78 is 0. The lowest BCUT2D eigenvalue weighted by Crippen LogP contribution is -1.81. The van der Waals surface area contributed by atoms with Gasteiger partial charge in [0, 0.05) is 6.42 Å². The summed E-state index contributed by atoms with van der Waals surface area (Å²) in [7, 11) is 0. The van der Waals surface area contributed by atoms with E-state index in [1.807, 2.05) is 18.4 Å². The average Bonchev–Trinajstić information content (AvgIpc) is 2.11. The summed E-state index contributed by atoms with van der Waals surface area (Å²) in [5, 5.41) is 0. The minimum Gasteiger partial charge on any atom is -0.291 e. The molecule has 0 aliphatic carbocycles. The molecule has 0 heterocycles. The molecule has 0 aliphatic rings. The van der Waals surface area contributed by atoms with Crippen LogP contribution < -0.4 is 0 Å². The molecule has 1 nitrogen and oxygen atoms in total. The van der Waals surface area contributed by atoms with Gasteiger partial charge in [-0.25, -0.2) is 0 Å². The molecule has 1 heteroatoms. The third-order valence-corrected chi connectivity index (χ3v) is 1.93. The molecule has 0 fully saturated rings. The number of allylic oxidation sites excluding steroid dienone is 1. The van der Waals surface area contributed by atoms with Crippen LogP contribution in [0.25, 0.3) is 6.08 Å². The number of hydrogen-bond donors (Lipinski definition) is 0. The molecule has 67 valence electrons. The van der Waals surface area contributed by atoms with Crippen LogP contribution >= 0.6 is 0 Å². The highest BCUT2D eigenvalue weighted by molar-refractivity contribution is 5.60. The molecule has 0 amide bonds. The first-order valence-electron chi connectivity index (χ1n) is 4.33. The van der Waals surface area contributed by atoms with E-state index < -0.39 is 0 Å². The monoisotopic (exact) mass is 173 g/mol. The summed E-state index contributed by atoms with van der Waals surface area (Å²) in [5.41, 5.74) is 3.64. The SMILES string of the molecule is Cc1ccc(C)c(/C=C/C[C]=O)c1. The van der Waals surface area contributed by atoms with Crippen molar-refractivity contribution in [3.05, 3.63) is 41.0 Å². The summed E-state index contributed by atoms with van der Waals surface area (Å²) in [6.07, 6.45) is 6.00. The highest BCUT2D eigenvalue weighted by atomic mass is 16.1. The Morgan fingerprint density at radius 3 is 2.85 bits per heavy atom. The van der Waals surface area contributed by atoms with Crippen molar-refractivity contribution in [1.29, 1.82) is 0 Å². The standard InChI is InChI=1S/C12H13O/c1-10-6-7-11(2)12(9-10)5-3-4-8-13/h3,5-7,9H,4H2,1-2H3/b5-3+. The van der Waals surface area contributed by atoms with Gasteiger partial charge in [-0.05, 0) is 25.0 Å². The zero-order valence-electron chi connectivity index (χ0n) is 8.00. The van der Waals surface area contributed by atoms with E-state index in [1.165, 1.54) is 16.7 Å². The van der Waals surface area contributed by atoms with E-state index in [-0.39, 0.29) is 0 Å². The van der Waals surface area contributed by atoms with Crippen molar-refractivity contribution >= 4 is 12.4 Å². The maximum atomic E-state index is 9.97. The van der Waals surface area contributed by atoms with Crippen LogP contribution in [0.3, 0.4) is 0 Å². The van der Waals surface area contributed by atoms with E-state index in [4.69, 9.17) is 0 Å². The second kappa shape index (κ2) is 4.61. The zero-order valence-corrected chi connectivity index (χ0v) is 8.00. The van der Waals surface area contributed by atoms with Crippen molar-refractivity contribution < 1.29 is 4.79 Å². The van der Waals surface area contributed by atoms with Gasteiger partial charge < -0.3 is 0 Å². The molecule has 1 rings (SSSR count). The highest BCUT2D eigenvalue weighted by Crippen LogP contribution is 2.12. The Hall–Kier alpha value is -1.37. The van der Waals surface area contributed by atoms with Crippen LogP contribution in [-0.4, -0.2) is 6.29 Å². The minimum absolute atomic E-state index is 0.368. The molecule has 0 bridgehead atoms. The molecule has 1 aromatic rings. The summed E-state index contributed by atoms with van der Waals surface area (Å²) in [6, 6.07) is 6.27. The predicted molar refractivity (Wildman–Crippen MR) is 55.3 cm³/mol. The Labute approximate surface area is 79.1 Å². The quantitative estimate of drug-likeness (QED) is 0.687. The van der Waals surface area contributed by atoms with Gasteiger partial charge >= 0.3 is 0 Å². The number of hydrogen-bond acceptors (Lipinski definition) is 1. The molecule has 0 aromatic heterocycles. The van der Waals surface area contributed by atoms with Crippen LogP contribution in [0.2, 0.25) is 0 Å². The smallest absolute Gasteiger partial charge is 0.202 e. The first-order chi connectivity index (χ1) is 6.24. The minimum atomic E-state index is 0.368. The van der Waals surface area contributed by atoms with Crippen LogP contribution in [0.1, 0.15) is 23.1 Å². The van der Waals surface area contributed by atoms with Gasteiger partial charge in [-0.1, -0.05) is 35.9 Å². The largest absolute Gasteiger partial charge is 0.291 e. The number of carbonyl (C=O) groups excluding carboxylic acids is 1. The van der Waals surface area contributed by atoms with E-state index in [9.17, 15) is 4.79 Å². The zero-order chi connectivity index (χ0) is 9.68. The second-order valence-electron chi connectivity index (χ2n) is 3.11. The van der Waals surface area contributed by atoms with Gasteiger partial charge in [-0.15, -0.1) is 0 Å². The molecule has 0 unspecified atom stereocenters. The van der Waals surface area contributed by atoms with Gasteiger partial charge in [0.15, 0.2) is 0 Å². The Balaban J connectivity index is 2.86. The summed E-state index contributed by atoms with van der Waals surface area (Å²) in [5.74, 6) is 0. The first kappa shape index (κ1) is 9.72. The highest BCUT2D eigenvalue weighted by Gasteiger charge is 1.93. The van der Waals surface area contributed by atoms with E-state index in [0.29, 0.717) is 6.42 Å². The molecule has 0 N–H and O–H groups in total. The third-order valence-electron chi connectivity index (χ3n) is 1.93. The van der Waals surface area contributed by atoms with Gasteiger partial charge in [-0.2, -0.15) is 0 Å². The number of benzene rings is 1. The van der Waals surface area contributed by atoms with E-state index in [1.54, 1.807) is 0 Å². The molecule has 0 saturated carbocycles. The maximum Gasteiger partial charge on any atom is 0.202 e. The van der Waals surface area contributed by atoms with Crippen molar-refractivity contribution in [3.8, 4) is 0 Å². The van der Waals surface area contributed by atoms with Gasteiger partial charge in [0.05, 0.1) is 0 Å². The van der Waals surface area contributed by atoms with Crippen LogP contribution in [0, 0.1) is 13.8 Å². The normalized spacial score (nSPS) is 10.6. The van der Waals surface area contributed by atoms with Crippen LogP contribution in [0.15, 0.2) is 24.3 Å². The molecule has 0 atom stereocenters. The lowest BCUT2D eigenvalue weighted by atomic mass is 10.1. The van der Waals surface area contributed by atoms with Crippen molar-refractivity contribution in [2.45, 2.75) is 20.3 Å². The van der Waals surface area contributed by atoms with Crippen molar-refractivity contribution in [1.82, 2.24) is 0 Å². The fraction of sp³-hybridized carbons (Fsp3) is 0.250. The fourth-order valence-corrected chi connectivity index (χ4v) is 1.17. The number of aryl methyl sites for hydroxylation is 2. The second-order valence-corrected chi connectivity index (χ2v) is 3.11. The third kappa shape index (κ3) is 2.86. The van der Waals surface area contributed by atoms with Crippen molar-refractivity contribution in [2.24, 2.45) is 0 Å². The summed E-state index contributed by atoms with van der Waals surface area (Å²) >= 11 is 0. The summed E-state index contributed by atoms with van der Waals surface area (Å²) in [4.78, 5) is 9.97. The van der Waals surface area contributed by atoms with E-state index in [2.05, 4.69) is 32.0 Å². The average molecular weight is 173 g/mol. The van der Waals surface area contributed by atoms with Gasteiger partial charge in [0.25, 0.3) is 0 Å². The Bertz CT molecular complexity index is 324. The van der Waals surface area contributed by atoms with Crippen LogP contribution in [0.4, 0.5) is 0 Å². The van der Waals surface area contributed by atoms with Crippen LogP contribution in [0.5, 0.6) is 0 Å². The van der Waals surface area contributed by atoms with Gasteiger partial charge in [0.2, 0.25) is 6.29 Å². The van der Waals surface area contributed by atoms with Crippen molar-refractivity contribution in [3.63, 3.8) is 0 Å². The first-order valence-corrected chi connectivity index (χ1v) is 4.33. The van der Waals surface area contributed by atoms with Gasteiger partial charge in [0.1, 0.15) is 0 Å². The lowest BCUT2D eigenvalue weighted by molar-refractivity contribution is 0.556. The maximum absolute atomic E-state index is 9.97. The summed E-state index contributed by atoms with van der Waals surface area (Å²) in [6.45, 7) is 4.12. The fourth-order valence-electron chi connectivity index (χ4n) is 1.17. The Morgan fingerprint density at radius 2 is 2.15 bits per heavy atom. The molecule has 0 spiro atoms. The molecule has 13 heavy (non-hydrogen) atoms. The molecule has 1 aromatic carbocycles. The topological polar surface area (TPSA) is 17.1 Å². The van der Waals surface area contributed by atoms with Gasteiger partial charge in [-0.3, -0.25) is 4.79 Å². The number of rotatable bonds is 3. The predicted octanol–water partition coefficient (Wildman–Crippen LogP) is 2.82. The Kier molecular flexibility index (Phi) is 3.44.